The fourth-order valence-corrected chi connectivity index (χ4v) is 1.69. The summed E-state index contributed by atoms with van der Waals surface area (Å²) in [4.78, 5) is 11.1. The molecule has 0 unspecified atom stereocenters. The average Bonchev–Trinajstić information content (AvgIpc) is 2.08. The fraction of sp³-hybridized carbons (Fsp3) is 0. The molecular formula is C7H6BrIN2O. The molecule has 5 heteroatoms. The maximum atomic E-state index is 11.1. The number of benzene rings is 1. The summed E-state index contributed by atoms with van der Waals surface area (Å²) in [7, 11) is 0. The number of nitrogens with one attached hydrogen (secondary N) is 1. The molecule has 0 saturated carbocycles. The van der Waals surface area contributed by atoms with Crippen molar-refractivity contribution in [2.75, 3.05) is 0 Å². The maximum absolute atomic E-state index is 11.1. The highest BCUT2D eigenvalue weighted by atomic mass is 127. The van der Waals surface area contributed by atoms with Crippen molar-refractivity contribution in [3.8, 4) is 0 Å². The van der Waals surface area contributed by atoms with Crippen molar-refractivity contribution in [2.24, 2.45) is 5.84 Å². The van der Waals surface area contributed by atoms with Crippen LogP contribution in [-0.4, -0.2) is 5.91 Å². The lowest BCUT2D eigenvalue weighted by Gasteiger charge is -2.02. The van der Waals surface area contributed by atoms with Gasteiger partial charge in [0.1, 0.15) is 0 Å². The molecule has 0 aliphatic carbocycles. The number of hydrogen-bond donors (Lipinski definition) is 2. The van der Waals surface area contributed by atoms with Crippen LogP contribution >= 0.6 is 38.5 Å². The van der Waals surface area contributed by atoms with Crippen LogP contribution < -0.4 is 11.3 Å². The Labute approximate surface area is 91.9 Å². The SMILES string of the molecule is NNC(=O)c1cc(Br)ccc1I. The van der Waals surface area contributed by atoms with E-state index in [1.807, 2.05) is 12.1 Å². The molecule has 0 aromatic heterocycles. The van der Waals surface area contributed by atoms with Gasteiger partial charge >= 0.3 is 0 Å². The van der Waals surface area contributed by atoms with Crippen molar-refractivity contribution < 1.29 is 4.79 Å². The van der Waals surface area contributed by atoms with Crippen LogP contribution in [0.25, 0.3) is 0 Å². The largest absolute Gasteiger partial charge is 0.290 e. The van der Waals surface area contributed by atoms with E-state index in [0.717, 1.165) is 8.04 Å². The fourth-order valence-electron chi connectivity index (χ4n) is 0.749. The molecule has 3 N–H and O–H groups in total. The molecule has 0 bridgehead atoms. The molecule has 64 valence electrons. The van der Waals surface area contributed by atoms with Crippen LogP contribution in [0.3, 0.4) is 0 Å². The van der Waals surface area contributed by atoms with Crippen LogP contribution in [0.15, 0.2) is 22.7 Å². The van der Waals surface area contributed by atoms with Crippen LogP contribution in [0.1, 0.15) is 10.4 Å². The molecule has 1 aromatic rings. The van der Waals surface area contributed by atoms with Crippen LogP contribution in [0, 0.1) is 3.57 Å². The topological polar surface area (TPSA) is 55.1 Å². The smallest absolute Gasteiger partial charge is 0.266 e. The molecular weight excluding hydrogens is 335 g/mol. The number of nitrogen functional groups attached to an aromatic ring is 1. The second-order valence-electron chi connectivity index (χ2n) is 2.10. The van der Waals surface area contributed by atoms with Gasteiger partial charge in [-0.2, -0.15) is 0 Å². The Balaban J connectivity index is 3.13. The standard InChI is InChI=1S/C7H6BrIN2O/c8-4-1-2-6(9)5(3-4)7(12)11-10/h1-3H,10H2,(H,11,12). The van der Waals surface area contributed by atoms with Crippen LogP contribution in [0.2, 0.25) is 0 Å². The highest BCUT2D eigenvalue weighted by Gasteiger charge is 2.07. The summed E-state index contributed by atoms with van der Waals surface area (Å²) in [6.07, 6.45) is 0. The quantitative estimate of drug-likeness (QED) is 0.353. The molecule has 0 heterocycles. The first-order valence-electron chi connectivity index (χ1n) is 3.11. The monoisotopic (exact) mass is 340 g/mol. The van der Waals surface area contributed by atoms with E-state index in [-0.39, 0.29) is 5.91 Å². The Morgan fingerprint density at radius 1 is 1.58 bits per heavy atom. The first-order valence-corrected chi connectivity index (χ1v) is 4.98. The van der Waals surface area contributed by atoms with Gasteiger partial charge in [0.15, 0.2) is 0 Å². The first kappa shape index (κ1) is 9.94. The minimum absolute atomic E-state index is 0.277. The number of carbonyl (C=O) groups is 1. The summed E-state index contributed by atoms with van der Waals surface area (Å²) in [5.74, 6) is 4.73. The second-order valence-corrected chi connectivity index (χ2v) is 4.18. The van der Waals surface area contributed by atoms with Gasteiger partial charge < -0.3 is 0 Å². The van der Waals surface area contributed by atoms with Crippen molar-refractivity contribution in [1.29, 1.82) is 0 Å². The maximum Gasteiger partial charge on any atom is 0.266 e. The predicted molar refractivity (Wildman–Crippen MR) is 58.5 cm³/mol. The van der Waals surface area contributed by atoms with Gasteiger partial charge in [-0.15, -0.1) is 0 Å². The van der Waals surface area contributed by atoms with Gasteiger partial charge in [-0.05, 0) is 40.8 Å². The van der Waals surface area contributed by atoms with E-state index in [0.29, 0.717) is 5.56 Å². The summed E-state index contributed by atoms with van der Waals surface area (Å²) in [5, 5.41) is 0. The van der Waals surface area contributed by atoms with E-state index in [2.05, 4.69) is 43.9 Å². The first-order chi connectivity index (χ1) is 5.65. The molecule has 1 rings (SSSR count). The zero-order chi connectivity index (χ0) is 9.14. The van der Waals surface area contributed by atoms with Crippen molar-refractivity contribution >= 4 is 44.4 Å². The molecule has 1 aromatic carbocycles. The molecule has 0 saturated heterocycles. The lowest BCUT2D eigenvalue weighted by molar-refractivity contribution is 0.0952. The summed E-state index contributed by atoms with van der Waals surface area (Å²) in [5.41, 5.74) is 2.66. The Kier molecular flexibility index (Phi) is 3.48. The minimum Gasteiger partial charge on any atom is -0.290 e. The normalized spacial score (nSPS) is 9.58. The summed E-state index contributed by atoms with van der Waals surface area (Å²) < 4.78 is 1.74. The summed E-state index contributed by atoms with van der Waals surface area (Å²) >= 11 is 5.35. The Bertz CT molecular complexity index is 316. The van der Waals surface area contributed by atoms with E-state index in [4.69, 9.17) is 5.84 Å². The Morgan fingerprint density at radius 3 is 2.83 bits per heavy atom. The third-order valence-corrected chi connectivity index (χ3v) is 2.74. The Hall–Kier alpha value is -0.140. The number of nitrogens with two attached hydrogens (primary N) is 1. The molecule has 1 amide bonds. The summed E-state index contributed by atoms with van der Waals surface area (Å²) in [6, 6.07) is 5.44. The third-order valence-electron chi connectivity index (χ3n) is 1.30. The molecule has 0 aliphatic heterocycles. The van der Waals surface area contributed by atoms with Crippen LogP contribution in [-0.2, 0) is 0 Å². The molecule has 0 radical (unpaired) electrons. The molecule has 0 atom stereocenters. The van der Waals surface area contributed by atoms with E-state index < -0.39 is 0 Å². The predicted octanol–water partition coefficient (Wildman–Crippen LogP) is 1.66. The number of carbonyl (C=O) groups excluding carboxylic acids is 1. The van der Waals surface area contributed by atoms with E-state index in [9.17, 15) is 4.79 Å². The molecule has 12 heavy (non-hydrogen) atoms. The number of amides is 1. The average molecular weight is 341 g/mol. The van der Waals surface area contributed by atoms with Crippen molar-refractivity contribution in [3.63, 3.8) is 0 Å². The van der Waals surface area contributed by atoms with E-state index in [1.54, 1.807) is 6.07 Å². The number of hydrogen-bond acceptors (Lipinski definition) is 2. The second kappa shape index (κ2) is 4.20. The zero-order valence-electron chi connectivity index (χ0n) is 5.97. The highest BCUT2D eigenvalue weighted by molar-refractivity contribution is 14.1. The summed E-state index contributed by atoms with van der Waals surface area (Å²) in [6.45, 7) is 0. The highest BCUT2D eigenvalue weighted by Crippen LogP contribution is 2.17. The molecule has 3 nitrogen and oxygen atoms in total. The van der Waals surface area contributed by atoms with Crippen LogP contribution in [0.4, 0.5) is 0 Å². The van der Waals surface area contributed by atoms with Crippen molar-refractivity contribution in [2.45, 2.75) is 0 Å². The van der Waals surface area contributed by atoms with Crippen molar-refractivity contribution in [1.82, 2.24) is 5.43 Å². The molecule has 0 spiro atoms. The van der Waals surface area contributed by atoms with Gasteiger partial charge in [0, 0.05) is 8.04 Å². The van der Waals surface area contributed by atoms with Gasteiger partial charge in [0.2, 0.25) is 0 Å². The van der Waals surface area contributed by atoms with Crippen LogP contribution in [0.5, 0.6) is 0 Å². The zero-order valence-corrected chi connectivity index (χ0v) is 9.72. The number of rotatable bonds is 1. The molecule has 0 aliphatic rings. The number of halogens is 2. The Morgan fingerprint density at radius 2 is 2.25 bits per heavy atom. The van der Waals surface area contributed by atoms with Gasteiger partial charge in [-0.25, -0.2) is 5.84 Å². The van der Waals surface area contributed by atoms with Gasteiger partial charge in [0.25, 0.3) is 5.91 Å². The van der Waals surface area contributed by atoms with E-state index >= 15 is 0 Å². The minimum atomic E-state index is -0.277. The third kappa shape index (κ3) is 2.18. The molecule has 0 fully saturated rings. The van der Waals surface area contributed by atoms with Crippen molar-refractivity contribution in [3.05, 3.63) is 31.8 Å². The number of hydrazine groups is 1. The van der Waals surface area contributed by atoms with Gasteiger partial charge in [0.05, 0.1) is 5.56 Å². The van der Waals surface area contributed by atoms with Gasteiger partial charge in [-0.1, -0.05) is 15.9 Å². The van der Waals surface area contributed by atoms with Gasteiger partial charge in [-0.3, -0.25) is 10.2 Å². The van der Waals surface area contributed by atoms with E-state index in [1.165, 1.54) is 0 Å². The lowest BCUT2D eigenvalue weighted by Crippen LogP contribution is -2.30. The lowest BCUT2D eigenvalue weighted by atomic mass is 10.2.